The molecule has 1 aliphatic carbocycles. The molecule has 108 valence electrons. The van der Waals surface area contributed by atoms with Crippen LogP contribution >= 0.6 is 0 Å². The second kappa shape index (κ2) is 6.32. The maximum absolute atomic E-state index is 12.3. The molecule has 0 aromatic carbocycles. The lowest BCUT2D eigenvalue weighted by Crippen LogP contribution is -2.61. The van der Waals surface area contributed by atoms with Crippen LogP contribution in [0.3, 0.4) is 0 Å². The smallest absolute Gasteiger partial charge is 0.279 e. The largest absolute Gasteiger partial charge is 0.329 e. The first-order valence-corrected chi connectivity index (χ1v) is 8.35. The van der Waals surface area contributed by atoms with Crippen molar-refractivity contribution in [1.82, 2.24) is 9.03 Å². The standard InChI is InChI=1S/C12H27N3O2S/c1-4-15(5-2)18(16,17)14-12(10-13)9-7-6-8-11(12)3/h11,14H,4-10,13H2,1-3H3. The van der Waals surface area contributed by atoms with E-state index in [2.05, 4.69) is 11.6 Å². The number of nitrogens with one attached hydrogen (secondary N) is 1. The van der Waals surface area contributed by atoms with Crippen LogP contribution in [0.25, 0.3) is 0 Å². The Balaban J connectivity index is 2.91. The Bertz CT molecular complexity index is 354. The molecule has 0 aliphatic heterocycles. The van der Waals surface area contributed by atoms with E-state index in [0.717, 1.165) is 25.7 Å². The van der Waals surface area contributed by atoms with Gasteiger partial charge in [0, 0.05) is 25.2 Å². The first-order chi connectivity index (χ1) is 8.41. The van der Waals surface area contributed by atoms with Gasteiger partial charge in [-0.2, -0.15) is 17.4 Å². The molecule has 0 radical (unpaired) electrons. The maximum atomic E-state index is 12.3. The normalized spacial score (nSPS) is 29.7. The van der Waals surface area contributed by atoms with Crippen molar-refractivity contribution >= 4 is 10.2 Å². The molecule has 5 nitrogen and oxygen atoms in total. The van der Waals surface area contributed by atoms with Gasteiger partial charge in [-0.3, -0.25) is 0 Å². The summed E-state index contributed by atoms with van der Waals surface area (Å²) in [6, 6.07) is 0. The van der Waals surface area contributed by atoms with Gasteiger partial charge in [0.25, 0.3) is 10.2 Å². The summed E-state index contributed by atoms with van der Waals surface area (Å²) in [4.78, 5) is 0. The second-order valence-corrected chi connectivity index (χ2v) is 6.87. The van der Waals surface area contributed by atoms with E-state index in [1.165, 1.54) is 4.31 Å². The van der Waals surface area contributed by atoms with Crippen LogP contribution in [0.4, 0.5) is 0 Å². The minimum Gasteiger partial charge on any atom is -0.329 e. The number of hydrogen-bond acceptors (Lipinski definition) is 3. The lowest BCUT2D eigenvalue weighted by atomic mass is 9.74. The molecule has 6 heteroatoms. The predicted molar refractivity (Wildman–Crippen MR) is 74.4 cm³/mol. The van der Waals surface area contributed by atoms with Crippen LogP contribution in [0.2, 0.25) is 0 Å². The van der Waals surface area contributed by atoms with Crippen molar-refractivity contribution in [3.8, 4) is 0 Å². The summed E-state index contributed by atoms with van der Waals surface area (Å²) in [5.41, 5.74) is 5.41. The van der Waals surface area contributed by atoms with Crippen molar-refractivity contribution in [2.24, 2.45) is 11.7 Å². The van der Waals surface area contributed by atoms with Gasteiger partial charge in [0.05, 0.1) is 0 Å². The zero-order valence-corrected chi connectivity index (χ0v) is 12.6. The fourth-order valence-electron chi connectivity index (χ4n) is 2.80. The number of nitrogens with two attached hydrogens (primary N) is 1. The third-order valence-electron chi connectivity index (χ3n) is 4.20. The van der Waals surface area contributed by atoms with E-state index < -0.39 is 15.7 Å². The molecule has 2 unspecified atom stereocenters. The summed E-state index contributed by atoms with van der Waals surface area (Å²) >= 11 is 0. The van der Waals surface area contributed by atoms with Gasteiger partial charge in [0.2, 0.25) is 0 Å². The third-order valence-corrected chi connectivity index (χ3v) is 6.06. The molecule has 3 N–H and O–H groups in total. The Morgan fingerprint density at radius 3 is 2.39 bits per heavy atom. The van der Waals surface area contributed by atoms with E-state index in [0.29, 0.717) is 25.6 Å². The van der Waals surface area contributed by atoms with Gasteiger partial charge in [-0.25, -0.2) is 0 Å². The van der Waals surface area contributed by atoms with Gasteiger partial charge in [0.1, 0.15) is 0 Å². The minimum absolute atomic E-state index is 0.293. The molecule has 1 aliphatic rings. The van der Waals surface area contributed by atoms with Gasteiger partial charge >= 0.3 is 0 Å². The molecule has 0 aromatic rings. The average molecular weight is 277 g/mol. The fraction of sp³-hybridized carbons (Fsp3) is 1.00. The molecule has 1 rings (SSSR count). The van der Waals surface area contributed by atoms with Crippen LogP contribution in [0, 0.1) is 5.92 Å². The predicted octanol–water partition coefficient (Wildman–Crippen LogP) is 1.07. The first-order valence-electron chi connectivity index (χ1n) is 6.91. The highest BCUT2D eigenvalue weighted by Gasteiger charge is 2.41. The van der Waals surface area contributed by atoms with Crippen molar-refractivity contribution in [3.05, 3.63) is 0 Å². The zero-order valence-electron chi connectivity index (χ0n) is 11.8. The van der Waals surface area contributed by atoms with E-state index >= 15 is 0 Å². The SMILES string of the molecule is CCN(CC)S(=O)(=O)NC1(CN)CCCCC1C. The van der Waals surface area contributed by atoms with E-state index in [4.69, 9.17) is 5.73 Å². The van der Waals surface area contributed by atoms with Crippen LogP contribution in [0.5, 0.6) is 0 Å². The van der Waals surface area contributed by atoms with Gasteiger partial charge < -0.3 is 5.73 Å². The lowest BCUT2D eigenvalue weighted by molar-refractivity contribution is 0.187. The van der Waals surface area contributed by atoms with Crippen LogP contribution in [0.1, 0.15) is 46.5 Å². The van der Waals surface area contributed by atoms with Gasteiger partial charge in [0.15, 0.2) is 0 Å². The summed E-state index contributed by atoms with van der Waals surface area (Å²) in [7, 11) is -3.42. The molecule has 2 atom stereocenters. The first kappa shape index (κ1) is 15.9. The third kappa shape index (κ3) is 3.23. The van der Waals surface area contributed by atoms with Crippen LogP contribution in [-0.4, -0.2) is 37.9 Å². The number of rotatable bonds is 6. The van der Waals surface area contributed by atoms with E-state index in [1.807, 2.05) is 13.8 Å². The quantitative estimate of drug-likeness (QED) is 0.762. The molecule has 1 fully saturated rings. The van der Waals surface area contributed by atoms with E-state index in [1.54, 1.807) is 0 Å². The Labute approximate surface area is 111 Å². The maximum Gasteiger partial charge on any atom is 0.279 e. The van der Waals surface area contributed by atoms with Crippen LogP contribution in [0.15, 0.2) is 0 Å². The van der Waals surface area contributed by atoms with Crippen molar-refractivity contribution in [3.63, 3.8) is 0 Å². The summed E-state index contributed by atoms with van der Waals surface area (Å²) < 4.78 is 29.0. The van der Waals surface area contributed by atoms with Crippen molar-refractivity contribution < 1.29 is 8.42 Å². The Morgan fingerprint density at radius 2 is 1.94 bits per heavy atom. The van der Waals surface area contributed by atoms with Crippen LogP contribution < -0.4 is 10.5 Å². The van der Waals surface area contributed by atoms with Gasteiger partial charge in [-0.05, 0) is 18.8 Å². The van der Waals surface area contributed by atoms with Crippen LogP contribution in [-0.2, 0) is 10.2 Å². The minimum atomic E-state index is -3.42. The molecular weight excluding hydrogens is 250 g/mol. The number of hydrogen-bond donors (Lipinski definition) is 2. The van der Waals surface area contributed by atoms with Gasteiger partial charge in [-0.15, -0.1) is 0 Å². The lowest BCUT2D eigenvalue weighted by Gasteiger charge is -2.43. The molecule has 0 aromatic heterocycles. The average Bonchev–Trinajstić information content (AvgIpc) is 2.33. The summed E-state index contributed by atoms with van der Waals surface area (Å²) in [6.07, 6.45) is 4.08. The zero-order chi connectivity index (χ0) is 13.8. The molecule has 0 spiro atoms. The number of nitrogens with zero attached hydrogens (tertiary/aromatic N) is 1. The van der Waals surface area contributed by atoms with Crippen molar-refractivity contribution in [2.75, 3.05) is 19.6 Å². The molecule has 0 saturated heterocycles. The topological polar surface area (TPSA) is 75.4 Å². The fourth-order valence-corrected chi connectivity index (χ4v) is 4.50. The van der Waals surface area contributed by atoms with Crippen molar-refractivity contribution in [1.29, 1.82) is 0 Å². The second-order valence-electron chi connectivity index (χ2n) is 5.20. The molecule has 18 heavy (non-hydrogen) atoms. The monoisotopic (exact) mass is 277 g/mol. The molecule has 0 amide bonds. The highest BCUT2D eigenvalue weighted by molar-refractivity contribution is 7.87. The highest BCUT2D eigenvalue weighted by atomic mass is 32.2. The molecule has 0 bridgehead atoms. The van der Waals surface area contributed by atoms with E-state index in [9.17, 15) is 8.42 Å². The highest BCUT2D eigenvalue weighted by Crippen LogP contribution is 2.33. The Hall–Kier alpha value is -0.170. The van der Waals surface area contributed by atoms with Gasteiger partial charge in [-0.1, -0.05) is 33.6 Å². The molecule has 0 heterocycles. The Morgan fingerprint density at radius 1 is 1.33 bits per heavy atom. The molecular formula is C12H27N3O2S. The van der Waals surface area contributed by atoms with E-state index in [-0.39, 0.29) is 0 Å². The van der Waals surface area contributed by atoms with Crippen molar-refractivity contribution in [2.45, 2.75) is 52.0 Å². The summed E-state index contributed by atoms with van der Waals surface area (Å²) in [6.45, 7) is 7.14. The molecule has 1 saturated carbocycles. The Kier molecular flexibility index (Phi) is 5.58. The summed E-state index contributed by atoms with van der Waals surface area (Å²) in [5, 5.41) is 0. The summed E-state index contributed by atoms with van der Waals surface area (Å²) in [5.74, 6) is 0.293.